The number of benzene rings is 1. The number of H-pyrrole nitrogens is 1. The van der Waals surface area contributed by atoms with Gasteiger partial charge < -0.3 is 69.9 Å². The van der Waals surface area contributed by atoms with E-state index in [1.807, 2.05) is 6.33 Å². The average Bonchev–Trinajstić information content (AvgIpc) is 1.63. The van der Waals surface area contributed by atoms with Crippen molar-refractivity contribution < 1.29 is 14.0 Å². The minimum absolute atomic E-state index is 0.203. The van der Waals surface area contributed by atoms with E-state index < -0.39 is 0 Å². The quantitative estimate of drug-likeness (QED) is 0.129. The van der Waals surface area contributed by atoms with Crippen LogP contribution in [0.5, 0.6) is 0 Å². The van der Waals surface area contributed by atoms with Crippen LogP contribution in [0.2, 0.25) is 0 Å². The second-order valence-electron chi connectivity index (χ2n) is 51.5. The number of piperazine rings is 2. The van der Waals surface area contributed by atoms with Crippen LogP contribution in [-0.2, 0) is 35.7 Å². The lowest BCUT2D eigenvalue weighted by molar-refractivity contribution is -0.712. The van der Waals surface area contributed by atoms with E-state index in [1.54, 1.807) is 0 Å². The highest BCUT2D eigenvalue weighted by atomic mass is 16.7. The first-order chi connectivity index (χ1) is 65.0. The zero-order valence-corrected chi connectivity index (χ0v) is 92.8. The van der Waals surface area contributed by atoms with Crippen LogP contribution in [0, 0.1) is 63.6 Å². The Labute approximate surface area is 836 Å². The molecule has 5 N–H and O–H groups in total. The summed E-state index contributed by atoms with van der Waals surface area (Å²) < 4.78 is 13.5. The third kappa shape index (κ3) is 31.8. The van der Waals surface area contributed by atoms with Gasteiger partial charge in [0.25, 0.3) is 6.33 Å². The van der Waals surface area contributed by atoms with Crippen molar-refractivity contribution in [3.8, 4) is 0 Å². The van der Waals surface area contributed by atoms with Gasteiger partial charge in [0.2, 0.25) is 5.82 Å². The number of aromatic amines is 1. The minimum Gasteiger partial charge on any atom is -0.347 e. The Morgan fingerprint density at radius 1 is 0.353 bits per heavy atom. The fourth-order valence-electron chi connectivity index (χ4n) is 27.4. The molecule has 6 aliphatic carbocycles. The molecule has 22 aliphatic rings. The molecule has 1 aromatic carbocycles. The molecule has 5 spiro atoms. The molecule has 20 fully saturated rings. The summed E-state index contributed by atoms with van der Waals surface area (Å²) in [7, 11) is 0. The van der Waals surface area contributed by atoms with Crippen LogP contribution in [-0.4, -0.2) is 348 Å². The SMILES string of the molecule is CC(C)N1CC2CC1CN2.CC(C)N1CC2CC2C1.CC(C)N1CC2CCC(C2)C1.CC(C)N1CC2CCCC2C1.CC(C)N1CC2CCCC2C1.CC(C)N1CCC2(CC1)OCCO2.CC(C)N1CCC2(CCCC2)CC1.CC(C)N1CCC2(CCNC2)C1.CC(C)N1CCC2(CNC2)C1.CC(C)N1CCNC2(CC2)C1.CC(C)N1CC[n+]2cn[nH]c2C1.CC(C)N1Cc2ccccc2C1. The molecule has 136 heavy (non-hydrogen) atoms. The molecule has 14 saturated heterocycles. The van der Waals surface area contributed by atoms with Crippen LogP contribution in [0.3, 0.4) is 0 Å². The highest BCUT2D eigenvalue weighted by Crippen LogP contribution is 2.49. The zero-order valence-electron chi connectivity index (χ0n) is 92.8. The number of aromatic nitrogens is 3. The van der Waals surface area contributed by atoms with E-state index in [4.69, 9.17) is 9.47 Å². The van der Waals surface area contributed by atoms with E-state index in [0.29, 0.717) is 34.5 Å². The van der Waals surface area contributed by atoms with Crippen molar-refractivity contribution in [3.05, 3.63) is 47.5 Å². The van der Waals surface area contributed by atoms with E-state index in [9.17, 15) is 0 Å². The number of fused-ring (bicyclic) bond motifs is 9. The van der Waals surface area contributed by atoms with E-state index in [1.165, 1.54) is 309 Å². The van der Waals surface area contributed by atoms with E-state index >= 15 is 0 Å². The van der Waals surface area contributed by atoms with Crippen molar-refractivity contribution in [1.82, 2.24) is 90.3 Å². The molecule has 16 aliphatic heterocycles. The van der Waals surface area contributed by atoms with Gasteiger partial charge in [-0.2, -0.15) is 0 Å². The number of ether oxygens (including phenoxy) is 2. The summed E-state index contributed by atoms with van der Waals surface area (Å²) in [6.07, 6.45) is 36.5. The molecule has 2 aromatic rings. The van der Waals surface area contributed by atoms with Crippen LogP contribution in [0.15, 0.2) is 30.6 Å². The zero-order chi connectivity index (χ0) is 97.2. The Morgan fingerprint density at radius 3 is 1.18 bits per heavy atom. The number of hydrogen-bond acceptors (Lipinski definition) is 19. The van der Waals surface area contributed by atoms with Gasteiger partial charge >= 0.3 is 0 Å². The molecule has 6 saturated carbocycles. The number of nitrogens with zero attached hydrogens (tertiary/aromatic N) is 14. The predicted octanol–water partition coefficient (Wildman–Crippen LogP) is 17.4. The first-order valence-corrected chi connectivity index (χ1v) is 58.0. The normalized spacial score (nSPS) is 31.7. The van der Waals surface area contributed by atoms with E-state index in [-0.39, 0.29) is 5.79 Å². The lowest BCUT2D eigenvalue weighted by Gasteiger charge is -2.41. The van der Waals surface area contributed by atoms with Crippen molar-refractivity contribution in [3.63, 3.8) is 0 Å². The summed E-state index contributed by atoms with van der Waals surface area (Å²) in [6.45, 7) is 94.6. The molecule has 782 valence electrons. The van der Waals surface area contributed by atoms with Gasteiger partial charge in [0.1, 0.15) is 0 Å². The van der Waals surface area contributed by atoms with Gasteiger partial charge in [-0.15, -0.1) is 5.10 Å². The van der Waals surface area contributed by atoms with Crippen LogP contribution in [0.4, 0.5) is 0 Å². The summed E-state index contributed by atoms with van der Waals surface area (Å²) in [5, 5.41) is 21.0. The highest BCUT2D eigenvalue weighted by Gasteiger charge is 2.50. The molecule has 17 heterocycles. The van der Waals surface area contributed by atoms with Crippen LogP contribution < -0.4 is 25.8 Å². The Balaban J connectivity index is 0.000000126. The number of piperidine rings is 4. The van der Waals surface area contributed by atoms with Gasteiger partial charge in [-0.05, 0) is 384 Å². The van der Waals surface area contributed by atoms with Crippen molar-refractivity contribution in [2.24, 2.45) is 63.6 Å². The van der Waals surface area contributed by atoms with Gasteiger partial charge in [-0.3, -0.25) is 19.6 Å². The van der Waals surface area contributed by atoms with Gasteiger partial charge in [0, 0.05) is 264 Å². The molecule has 11 unspecified atom stereocenters. The Morgan fingerprint density at radius 2 is 0.787 bits per heavy atom. The first-order valence-electron chi connectivity index (χ1n) is 58.0. The molecule has 24 rings (SSSR count). The standard InChI is InChI=1S/C12H23N.C11H15N.C10H20N2.C10H19NO2.3C10H19N.2C9H18N2.C8H14N4.C8H16N2.C8H15N/c1-11(2)13-9-7-12(8-10-13)5-3-4-6-12;1-9(2)12-7-10-5-3-4-6-11(10)8-12;1-9(2)12-6-4-10(8-12)3-5-11-7-10;1-9(2)11-5-3-10(4-6-11)12-7-8-13-10;1-8(2)11-6-9-3-4-10(5-9)7-11;2*1-8(2)11-6-9-4-3-5-10(9)7-11;1-8(2)11-4-3-9(7-11)5-10-6-9;1-8(2)11-6-5-10-9(7-11)3-4-9;1-7(2)11-3-4-12-6-9-10-8(12)5-11;1-6(2)10-5-7-3-8(10)4-9-7;1-6(2)9-4-7-3-8(7)5-9/h11H,3-10H2,1-2H3;3-6,9H,7-8H2,1-2H3;9,11H,3-8H2,1-2H3;9H,3-8H2,1-2H3;3*8-10H,3-7H2,1-2H3;2*8,10H,3-7H2,1-2H3;6-7H,3-5H2,1-2H3;6-9H,3-5H2,1-2H3;6-8H,3-5H2,1-2H3/p+1. The maximum atomic E-state index is 5.66. The number of likely N-dealkylation sites (tertiary alicyclic amines) is 9. The molecule has 0 radical (unpaired) electrons. The summed E-state index contributed by atoms with van der Waals surface area (Å²) in [6, 6.07) is 19.2. The topological polar surface area (TPSA) is 138 Å². The highest BCUT2D eigenvalue weighted by molar-refractivity contribution is 5.30. The largest absolute Gasteiger partial charge is 0.347 e. The van der Waals surface area contributed by atoms with E-state index in [0.717, 1.165) is 191 Å². The maximum absolute atomic E-state index is 5.66. The molecule has 0 amide bonds. The van der Waals surface area contributed by atoms with Crippen molar-refractivity contribution >= 4 is 0 Å². The Bertz CT molecular complexity index is 3520. The average molecular weight is 1900 g/mol. The third-order valence-corrected chi connectivity index (χ3v) is 38.0. The Hall–Kier alpha value is -2.36. The van der Waals surface area contributed by atoms with Crippen molar-refractivity contribution in [2.75, 3.05) is 183 Å². The summed E-state index contributed by atoms with van der Waals surface area (Å²) >= 11 is 0. The number of hydrogen-bond donors (Lipinski definition) is 5. The van der Waals surface area contributed by atoms with Gasteiger partial charge in [0.05, 0.1) is 26.3 Å². The molecular formula is C115H216N19O2+. The fourth-order valence-corrected chi connectivity index (χ4v) is 27.4. The number of rotatable bonds is 12. The summed E-state index contributed by atoms with van der Waals surface area (Å²) in [5.41, 5.74) is 5.71. The molecule has 1 aromatic heterocycles. The van der Waals surface area contributed by atoms with Crippen LogP contribution in [0.1, 0.15) is 337 Å². The minimum atomic E-state index is -0.203. The summed E-state index contributed by atoms with van der Waals surface area (Å²) in [4.78, 5) is 31.0. The fraction of sp³-hybridized carbons (Fsp3) is 0.930. The van der Waals surface area contributed by atoms with Gasteiger partial charge in [0.15, 0.2) is 5.79 Å². The van der Waals surface area contributed by atoms with Crippen molar-refractivity contribution in [1.29, 1.82) is 0 Å². The third-order valence-electron chi connectivity index (χ3n) is 38.0. The maximum Gasteiger partial charge on any atom is 0.265 e. The molecule has 4 bridgehead atoms. The molecule has 21 heteroatoms. The molecule has 11 atom stereocenters. The van der Waals surface area contributed by atoms with Crippen LogP contribution >= 0.6 is 0 Å². The molecular weight excluding hydrogens is 1680 g/mol. The van der Waals surface area contributed by atoms with Gasteiger partial charge in [-0.1, -0.05) is 49.9 Å². The van der Waals surface area contributed by atoms with Crippen molar-refractivity contribution in [2.45, 2.75) is 442 Å². The second-order valence-corrected chi connectivity index (χ2v) is 51.5. The monoisotopic (exact) mass is 1900 g/mol. The van der Waals surface area contributed by atoms with E-state index in [2.05, 4.69) is 285 Å². The lowest BCUT2D eigenvalue weighted by Crippen LogP contribution is -2.55. The smallest absolute Gasteiger partial charge is 0.265 e. The summed E-state index contributed by atoms with van der Waals surface area (Å²) in [5.74, 6) is 9.59. The lowest BCUT2D eigenvalue weighted by atomic mass is 9.77. The molecule has 21 nitrogen and oxygen atoms in total. The van der Waals surface area contributed by atoms with Gasteiger partial charge in [-0.25, -0.2) is 4.57 Å². The predicted molar refractivity (Wildman–Crippen MR) is 570 cm³/mol. The second kappa shape index (κ2) is 51.8. The Kier molecular flexibility index (Phi) is 42.2. The van der Waals surface area contributed by atoms with Crippen LogP contribution in [0.25, 0.3) is 0 Å². The first kappa shape index (κ1) is 111. The number of nitrogens with one attached hydrogen (secondary N) is 5.